The summed E-state index contributed by atoms with van der Waals surface area (Å²) in [6.45, 7) is 9.57. The predicted octanol–water partition coefficient (Wildman–Crippen LogP) is 2.62. The SMILES string of the molecule is C=C[C@H](c1ccc(NC(C)=O)cc1)N1CCNCC1.Cl.Cl. The molecule has 1 fully saturated rings. The van der Waals surface area contributed by atoms with Crippen LogP contribution in [0, 0.1) is 0 Å². The first-order chi connectivity index (χ1) is 9.20. The molecule has 1 aromatic rings. The van der Waals surface area contributed by atoms with Gasteiger partial charge in [-0.3, -0.25) is 9.69 Å². The second kappa shape index (κ2) is 9.79. The molecule has 2 N–H and O–H groups in total. The lowest BCUT2D eigenvalue weighted by atomic mass is 10.0. The standard InChI is InChI=1S/C15H21N3O.2ClH/c1-3-15(18-10-8-16-9-11-18)13-4-6-14(7-5-13)17-12(2)19;;/h3-7,15-16H,1,8-11H2,2H3,(H,17,19);2*1H/t15-;;/m1../s1. The van der Waals surface area contributed by atoms with Crippen molar-refractivity contribution in [3.05, 3.63) is 42.5 Å². The average molecular weight is 332 g/mol. The summed E-state index contributed by atoms with van der Waals surface area (Å²) in [5.41, 5.74) is 2.05. The monoisotopic (exact) mass is 331 g/mol. The van der Waals surface area contributed by atoms with E-state index < -0.39 is 0 Å². The third-order valence-corrected chi connectivity index (χ3v) is 3.34. The van der Waals surface area contributed by atoms with E-state index in [1.54, 1.807) is 0 Å². The molecule has 1 aliphatic rings. The van der Waals surface area contributed by atoms with Gasteiger partial charge in [0.05, 0.1) is 6.04 Å². The van der Waals surface area contributed by atoms with E-state index in [0.717, 1.165) is 31.9 Å². The predicted molar refractivity (Wildman–Crippen MR) is 92.6 cm³/mol. The summed E-state index contributed by atoms with van der Waals surface area (Å²) >= 11 is 0. The number of piperazine rings is 1. The molecule has 0 saturated carbocycles. The van der Waals surface area contributed by atoms with Gasteiger partial charge in [0.15, 0.2) is 0 Å². The Balaban J connectivity index is 0.00000200. The first kappa shape index (κ1) is 19.9. The van der Waals surface area contributed by atoms with Crippen molar-refractivity contribution in [2.45, 2.75) is 13.0 Å². The van der Waals surface area contributed by atoms with Crippen molar-refractivity contribution in [3.8, 4) is 0 Å². The van der Waals surface area contributed by atoms with Crippen LogP contribution < -0.4 is 10.6 Å². The Morgan fingerprint density at radius 3 is 2.33 bits per heavy atom. The second-order valence-electron chi connectivity index (χ2n) is 4.77. The topological polar surface area (TPSA) is 44.4 Å². The highest BCUT2D eigenvalue weighted by molar-refractivity contribution is 5.88. The van der Waals surface area contributed by atoms with Crippen LogP contribution >= 0.6 is 24.8 Å². The van der Waals surface area contributed by atoms with Crippen LogP contribution in [0.1, 0.15) is 18.5 Å². The van der Waals surface area contributed by atoms with Crippen LogP contribution in [0.5, 0.6) is 0 Å². The Kier molecular flexibility index (Phi) is 9.29. The molecular formula is C15H23Cl2N3O. The fraction of sp³-hybridized carbons (Fsp3) is 0.400. The van der Waals surface area contributed by atoms with Gasteiger partial charge in [-0.25, -0.2) is 0 Å². The molecule has 21 heavy (non-hydrogen) atoms. The number of halogens is 2. The van der Waals surface area contributed by atoms with Gasteiger partial charge in [-0.2, -0.15) is 0 Å². The largest absolute Gasteiger partial charge is 0.326 e. The molecule has 2 rings (SSSR count). The molecule has 1 atom stereocenters. The fourth-order valence-electron chi connectivity index (χ4n) is 2.42. The first-order valence-electron chi connectivity index (χ1n) is 6.65. The highest BCUT2D eigenvalue weighted by atomic mass is 35.5. The highest BCUT2D eigenvalue weighted by Gasteiger charge is 2.19. The lowest BCUT2D eigenvalue weighted by molar-refractivity contribution is -0.114. The minimum absolute atomic E-state index is 0. The zero-order valence-electron chi connectivity index (χ0n) is 12.2. The van der Waals surface area contributed by atoms with Crippen molar-refractivity contribution in [1.29, 1.82) is 0 Å². The third-order valence-electron chi connectivity index (χ3n) is 3.34. The van der Waals surface area contributed by atoms with Gasteiger partial charge in [0, 0.05) is 38.8 Å². The van der Waals surface area contributed by atoms with Gasteiger partial charge in [0.1, 0.15) is 0 Å². The molecule has 1 amide bonds. The molecule has 4 nitrogen and oxygen atoms in total. The van der Waals surface area contributed by atoms with E-state index in [1.807, 2.05) is 18.2 Å². The number of carbonyl (C=O) groups is 1. The van der Waals surface area contributed by atoms with Crippen molar-refractivity contribution < 1.29 is 4.79 Å². The molecule has 0 aromatic heterocycles. The van der Waals surface area contributed by atoms with Crippen LogP contribution in [0.3, 0.4) is 0 Å². The summed E-state index contributed by atoms with van der Waals surface area (Å²) in [6.07, 6.45) is 1.98. The Morgan fingerprint density at radius 2 is 1.86 bits per heavy atom. The molecule has 0 unspecified atom stereocenters. The smallest absolute Gasteiger partial charge is 0.221 e. The quantitative estimate of drug-likeness (QED) is 0.833. The minimum Gasteiger partial charge on any atom is -0.326 e. The molecule has 118 valence electrons. The van der Waals surface area contributed by atoms with Gasteiger partial charge >= 0.3 is 0 Å². The zero-order valence-corrected chi connectivity index (χ0v) is 13.8. The molecule has 0 spiro atoms. The van der Waals surface area contributed by atoms with Crippen LogP contribution in [0.15, 0.2) is 36.9 Å². The Morgan fingerprint density at radius 1 is 1.29 bits per heavy atom. The third kappa shape index (κ3) is 5.67. The number of anilines is 1. The number of hydrogen-bond donors (Lipinski definition) is 2. The van der Waals surface area contributed by atoms with Crippen molar-refractivity contribution >= 4 is 36.4 Å². The molecule has 1 saturated heterocycles. The normalized spacial score (nSPS) is 16.0. The van der Waals surface area contributed by atoms with Crippen LogP contribution in [0.25, 0.3) is 0 Å². The van der Waals surface area contributed by atoms with E-state index in [9.17, 15) is 4.79 Å². The van der Waals surface area contributed by atoms with E-state index in [-0.39, 0.29) is 36.8 Å². The zero-order chi connectivity index (χ0) is 13.7. The summed E-state index contributed by atoms with van der Waals surface area (Å²) in [4.78, 5) is 13.4. The summed E-state index contributed by atoms with van der Waals surface area (Å²) in [5.74, 6) is -0.0462. The first-order valence-corrected chi connectivity index (χ1v) is 6.65. The maximum atomic E-state index is 11.0. The van der Waals surface area contributed by atoms with Gasteiger partial charge in [-0.15, -0.1) is 31.4 Å². The van der Waals surface area contributed by atoms with Gasteiger partial charge in [-0.1, -0.05) is 18.2 Å². The van der Waals surface area contributed by atoms with Crippen molar-refractivity contribution in [2.75, 3.05) is 31.5 Å². The van der Waals surface area contributed by atoms with Crippen LogP contribution in [-0.2, 0) is 4.79 Å². The molecule has 1 heterocycles. The van der Waals surface area contributed by atoms with Crippen LogP contribution in [0.2, 0.25) is 0 Å². The van der Waals surface area contributed by atoms with Gasteiger partial charge in [0.25, 0.3) is 0 Å². The van der Waals surface area contributed by atoms with Crippen LogP contribution in [0.4, 0.5) is 5.69 Å². The Hall–Kier alpha value is -1.07. The maximum Gasteiger partial charge on any atom is 0.221 e. The minimum atomic E-state index is -0.0462. The number of amides is 1. The van der Waals surface area contributed by atoms with Crippen molar-refractivity contribution in [2.24, 2.45) is 0 Å². The van der Waals surface area contributed by atoms with E-state index in [1.165, 1.54) is 12.5 Å². The Labute approximate surface area is 138 Å². The number of carbonyl (C=O) groups excluding carboxylic acids is 1. The van der Waals surface area contributed by atoms with E-state index >= 15 is 0 Å². The molecular weight excluding hydrogens is 309 g/mol. The lowest BCUT2D eigenvalue weighted by Crippen LogP contribution is -2.44. The average Bonchev–Trinajstić information content (AvgIpc) is 2.42. The second-order valence-corrected chi connectivity index (χ2v) is 4.77. The van der Waals surface area contributed by atoms with Crippen molar-refractivity contribution in [1.82, 2.24) is 10.2 Å². The maximum absolute atomic E-state index is 11.0. The van der Waals surface area contributed by atoms with Gasteiger partial charge in [0.2, 0.25) is 5.91 Å². The van der Waals surface area contributed by atoms with Gasteiger partial charge in [-0.05, 0) is 17.7 Å². The highest BCUT2D eigenvalue weighted by Crippen LogP contribution is 2.23. The molecule has 1 aliphatic heterocycles. The summed E-state index contributed by atoms with van der Waals surface area (Å²) < 4.78 is 0. The van der Waals surface area contributed by atoms with E-state index in [2.05, 4.69) is 34.2 Å². The van der Waals surface area contributed by atoms with E-state index in [0.29, 0.717) is 0 Å². The number of rotatable bonds is 4. The number of hydrogen-bond acceptors (Lipinski definition) is 3. The summed E-state index contributed by atoms with van der Waals surface area (Å²) in [7, 11) is 0. The number of benzene rings is 1. The number of nitrogens with one attached hydrogen (secondary N) is 2. The molecule has 0 bridgehead atoms. The van der Waals surface area contributed by atoms with Gasteiger partial charge < -0.3 is 10.6 Å². The van der Waals surface area contributed by atoms with Crippen molar-refractivity contribution in [3.63, 3.8) is 0 Å². The molecule has 6 heteroatoms. The molecule has 0 radical (unpaired) electrons. The van der Waals surface area contributed by atoms with Crippen LogP contribution in [-0.4, -0.2) is 37.0 Å². The van der Waals surface area contributed by atoms with E-state index in [4.69, 9.17) is 0 Å². The fourth-order valence-corrected chi connectivity index (χ4v) is 2.42. The summed E-state index contributed by atoms with van der Waals surface area (Å²) in [5, 5.41) is 6.13. The lowest BCUT2D eigenvalue weighted by Gasteiger charge is -2.33. The summed E-state index contributed by atoms with van der Waals surface area (Å²) in [6, 6.07) is 8.23. The molecule has 0 aliphatic carbocycles. The Bertz CT molecular complexity index is 445. The molecule has 1 aromatic carbocycles. The number of nitrogens with zero attached hydrogens (tertiary/aromatic N) is 1.